The Labute approximate surface area is 97.6 Å². The third-order valence-corrected chi connectivity index (χ3v) is 2.16. The zero-order chi connectivity index (χ0) is 12.3. The number of aryl methyl sites for hydroxylation is 1. The van der Waals surface area contributed by atoms with E-state index in [-0.39, 0.29) is 5.69 Å². The van der Waals surface area contributed by atoms with Crippen molar-refractivity contribution in [1.29, 1.82) is 0 Å². The van der Waals surface area contributed by atoms with E-state index in [2.05, 4.69) is 4.98 Å². The van der Waals surface area contributed by atoms with Crippen LogP contribution in [0.15, 0.2) is 34.9 Å². The molecule has 0 atom stereocenters. The predicted molar refractivity (Wildman–Crippen MR) is 63.3 cm³/mol. The summed E-state index contributed by atoms with van der Waals surface area (Å²) in [6.07, 6.45) is 5.14. The van der Waals surface area contributed by atoms with E-state index in [1.54, 1.807) is 30.5 Å². The second-order valence-corrected chi connectivity index (χ2v) is 3.49. The fourth-order valence-corrected chi connectivity index (χ4v) is 1.32. The molecule has 0 spiro atoms. The molecule has 0 amide bonds. The molecular weight excluding hydrogens is 220 g/mol. The normalized spacial score (nSPS) is 10.9. The number of aromatic nitrogens is 1. The van der Waals surface area contributed by atoms with Crippen LogP contribution < -0.4 is 0 Å². The summed E-state index contributed by atoms with van der Waals surface area (Å²) in [5, 5.41) is 10.5. The van der Waals surface area contributed by atoms with Crippen LogP contribution in [0.25, 0.3) is 12.2 Å². The Kier molecular flexibility index (Phi) is 3.00. The smallest absolute Gasteiger partial charge is 0.269 e. The third kappa shape index (κ3) is 2.78. The van der Waals surface area contributed by atoms with Gasteiger partial charge in [0.2, 0.25) is 5.89 Å². The van der Waals surface area contributed by atoms with Gasteiger partial charge < -0.3 is 4.42 Å². The molecule has 0 aliphatic heterocycles. The first kappa shape index (κ1) is 11.1. The molecule has 0 saturated carbocycles. The molecule has 0 aliphatic rings. The minimum Gasteiger partial charge on any atom is -0.442 e. The minimum absolute atomic E-state index is 0.0779. The number of non-ortho nitro benzene ring substituents is 1. The number of nitro groups is 1. The lowest BCUT2D eigenvalue weighted by Crippen LogP contribution is -1.86. The quantitative estimate of drug-likeness (QED) is 0.600. The Morgan fingerprint density at radius 3 is 2.53 bits per heavy atom. The van der Waals surface area contributed by atoms with Crippen molar-refractivity contribution in [3.8, 4) is 0 Å². The van der Waals surface area contributed by atoms with Crippen molar-refractivity contribution >= 4 is 17.8 Å². The highest BCUT2D eigenvalue weighted by Crippen LogP contribution is 2.14. The van der Waals surface area contributed by atoms with Gasteiger partial charge in [-0.15, -0.1) is 0 Å². The van der Waals surface area contributed by atoms with Crippen molar-refractivity contribution in [2.24, 2.45) is 0 Å². The van der Waals surface area contributed by atoms with Crippen molar-refractivity contribution in [2.45, 2.75) is 6.92 Å². The zero-order valence-electron chi connectivity index (χ0n) is 9.16. The molecule has 0 saturated heterocycles. The van der Waals surface area contributed by atoms with Gasteiger partial charge in [-0.05, 0) is 30.7 Å². The summed E-state index contributed by atoms with van der Waals surface area (Å²) in [6.45, 7) is 1.82. The number of hydrogen-bond donors (Lipinski definition) is 0. The molecule has 5 heteroatoms. The largest absolute Gasteiger partial charge is 0.442 e. The van der Waals surface area contributed by atoms with Crippen LogP contribution in [0.1, 0.15) is 17.2 Å². The molecule has 0 radical (unpaired) electrons. The maximum atomic E-state index is 10.5. The second-order valence-electron chi connectivity index (χ2n) is 3.49. The number of nitrogens with zero attached hydrogens (tertiary/aromatic N) is 2. The van der Waals surface area contributed by atoms with Gasteiger partial charge in [-0.3, -0.25) is 10.1 Å². The van der Waals surface area contributed by atoms with E-state index in [0.29, 0.717) is 5.89 Å². The fourth-order valence-electron chi connectivity index (χ4n) is 1.32. The second kappa shape index (κ2) is 4.61. The Hall–Kier alpha value is -2.43. The SMILES string of the molecule is Cc1cnc(C=Cc2ccc([N+](=O)[O-])cc2)o1. The van der Waals surface area contributed by atoms with E-state index in [1.807, 2.05) is 6.92 Å². The maximum Gasteiger partial charge on any atom is 0.269 e. The number of hydrogen-bond acceptors (Lipinski definition) is 4. The molecule has 5 nitrogen and oxygen atoms in total. The summed E-state index contributed by atoms with van der Waals surface area (Å²) in [7, 11) is 0. The highest BCUT2D eigenvalue weighted by molar-refractivity contribution is 5.66. The molecular formula is C12H10N2O3. The van der Waals surface area contributed by atoms with Crippen LogP contribution in [0.2, 0.25) is 0 Å². The van der Waals surface area contributed by atoms with Crippen LogP contribution in [0.3, 0.4) is 0 Å². The van der Waals surface area contributed by atoms with Gasteiger partial charge in [0.25, 0.3) is 5.69 Å². The molecule has 2 aromatic rings. The summed E-state index contributed by atoms with van der Waals surface area (Å²) in [5.74, 6) is 1.26. The van der Waals surface area contributed by atoms with Gasteiger partial charge in [0.05, 0.1) is 11.1 Å². The van der Waals surface area contributed by atoms with E-state index in [0.717, 1.165) is 11.3 Å². The van der Waals surface area contributed by atoms with E-state index in [9.17, 15) is 10.1 Å². The van der Waals surface area contributed by atoms with Crippen LogP contribution >= 0.6 is 0 Å². The van der Waals surface area contributed by atoms with Crippen molar-refractivity contribution in [3.05, 3.63) is 57.8 Å². The number of rotatable bonds is 3. The molecule has 0 unspecified atom stereocenters. The number of oxazole rings is 1. The Bertz CT molecular complexity index is 555. The molecule has 1 heterocycles. The van der Waals surface area contributed by atoms with Gasteiger partial charge in [0, 0.05) is 18.2 Å². The fraction of sp³-hybridized carbons (Fsp3) is 0.0833. The van der Waals surface area contributed by atoms with Crippen LogP contribution in [0, 0.1) is 17.0 Å². The summed E-state index contributed by atoms with van der Waals surface area (Å²) < 4.78 is 5.26. The highest BCUT2D eigenvalue weighted by Gasteiger charge is 2.02. The lowest BCUT2D eigenvalue weighted by Gasteiger charge is -1.92. The third-order valence-electron chi connectivity index (χ3n) is 2.16. The minimum atomic E-state index is -0.426. The van der Waals surface area contributed by atoms with Gasteiger partial charge in [-0.1, -0.05) is 0 Å². The van der Waals surface area contributed by atoms with Crippen molar-refractivity contribution in [3.63, 3.8) is 0 Å². The van der Waals surface area contributed by atoms with E-state index in [1.165, 1.54) is 12.1 Å². The first-order valence-corrected chi connectivity index (χ1v) is 5.00. The highest BCUT2D eigenvalue weighted by atomic mass is 16.6. The van der Waals surface area contributed by atoms with E-state index < -0.39 is 4.92 Å². The first-order valence-electron chi connectivity index (χ1n) is 5.00. The van der Waals surface area contributed by atoms with Crippen molar-refractivity contribution in [2.75, 3.05) is 0 Å². The summed E-state index contributed by atoms with van der Waals surface area (Å²) in [5.41, 5.74) is 0.931. The molecule has 86 valence electrons. The molecule has 0 N–H and O–H groups in total. The first-order chi connectivity index (χ1) is 8.15. The van der Waals surface area contributed by atoms with Gasteiger partial charge >= 0.3 is 0 Å². The molecule has 1 aromatic heterocycles. The van der Waals surface area contributed by atoms with Gasteiger partial charge in [0.1, 0.15) is 5.76 Å². The number of benzene rings is 1. The maximum absolute atomic E-state index is 10.5. The van der Waals surface area contributed by atoms with Gasteiger partial charge in [-0.2, -0.15) is 0 Å². The molecule has 0 aliphatic carbocycles. The average Bonchev–Trinajstić information content (AvgIpc) is 2.73. The lowest BCUT2D eigenvalue weighted by molar-refractivity contribution is -0.384. The van der Waals surface area contributed by atoms with E-state index >= 15 is 0 Å². The number of nitro benzene ring substituents is 1. The molecule has 1 aromatic carbocycles. The Balaban J connectivity index is 2.13. The summed E-state index contributed by atoms with van der Waals surface area (Å²) >= 11 is 0. The molecule has 17 heavy (non-hydrogen) atoms. The van der Waals surface area contributed by atoms with Crippen molar-refractivity contribution in [1.82, 2.24) is 4.98 Å². The summed E-state index contributed by atoms with van der Waals surface area (Å²) in [4.78, 5) is 14.0. The lowest BCUT2D eigenvalue weighted by atomic mass is 10.2. The van der Waals surface area contributed by atoms with Crippen molar-refractivity contribution < 1.29 is 9.34 Å². The Morgan fingerprint density at radius 1 is 1.29 bits per heavy atom. The Morgan fingerprint density at radius 2 is 2.00 bits per heavy atom. The topological polar surface area (TPSA) is 69.2 Å². The van der Waals surface area contributed by atoms with Crippen LogP contribution in [0.5, 0.6) is 0 Å². The van der Waals surface area contributed by atoms with Gasteiger partial charge in [0.15, 0.2) is 0 Å². The molecule has 0 bridgehead atoms. The van der Waals surface area contributed by atoms with Gasteiger partial charge in [-0.25, -0.2) is 4.98 Å². The zero-order valence-corrected chi connectivity index (χ0v) is 9.16. The molecule has 2 rings (SSSR count). The monoisotopic (exact) mass is 230 g/mol. The standard InChI is InChI=1S/C12H10N2O3/c1-9-8-13-12(17-9)7-4-10-2-5-11(6-3-10)14(15)16/h2-8H,1H3. The van der Waals surface area contributed by atoms with E-state index in [4.69, 9.17) is 4.42 Å². The van der Waals surface area contributed by atoms with Crippen LogP contribution in [0.4, 0.5) is 5.69 Å². The molecule has 0 fully saturated rings. The van der Waals surface area contributed by atoms with Crippen LogP contribution in [-0.4, -0.2) is 9.91 Å². The van der Waals surface area contributed by atoms with Crippen LogP contribution in [-0.2, 0) is 0 Å². The average molecular weight is 230 g/mol. The summed E-state index contributed by atoms with van der Waals surface area (Å²) in [6, 6.07) is 6.26. The predicted octanol–water partition coefficient (Wildman–Crippen LogP) is 3.06.